The maximum atomic E-state index is 10.3. The first-order chi connectivity index (χ1) is 11.7. The quantitative estimate of drug-likeness (QED) is 0.724. The van der Waals surface area contributed by atoms with Crippen LogP contribution in [0.3, 0.4) is 0 Å². The molecule has 0 spiro atoms. The number of nitrogens with zero attached hydrogens (tertiary/aromatic N) is 1. The van der Waals surface area contributed by atoms with Crippen LogP contribution in [0.25, 0.3) is 0 Å². The summed E-state index contributed by atoms with van der Waals surface area (Å²) in [6.45, 7) is 0. The zero-order valence-electron chi connectivity index (χ0n) is 14.5. The molecule has 1 aromatic rings. The molecule has 0 saturated heterocycles. The van der Waals surface area contributed by atoms with Gasteiger partial charge in [-0.25, -0.2) is 0 Å². The summed E-state index contributed by atoms with van der Waals surface area (Å²) < 4.78 is 5.22. The molecule has 3 aliphatic carbocycles. The molecule has 2 N–H and O–H groups in total. The van der Waals surface area contributed by atoms with Gasteiger partial charge in [0.1, 0.15) is 5.75 Å². The van der Waals surface area contributed by atoms with E-state index >= 15 is 0 Å². The van der Waals surface area contributed by atoms with Crippen molar-refractivity contribution in [3.8, 4) is 5.75 Å². The van der Waals surface area contributed by atoms with E-state index in [1.807, 2.05) is 18.2 Å². The molecule has 2 bridgehead atoms. The molecule has 0 aromatic heterocycles. The first kappa shape index (κ1) is 15.9. The molecule has 0 amide bonds. The lowest BCUT2D eigenvalue weighted by Crippen LogP contribution is -2.31. The topological polar surface area (TPSA) is 53.8 Å². The van der Waals surface area contributed by atoms with E-state index in [-0.39, 0.29) is 0 Å². The average molecular weight is 328 g/mol. The van der Waals surface area contributed by atoms with Gasteiger partial charge in [-0.1, -0.05) is 19.3 Å². The summed E-state index contributed by atoms with van der Waals surface area (Å²) >= 11 is 0. The van der Waals surface area contributed by atoms with Crippen molar-refractivity contribution in [3.63, 3.8) is 0 Å². The Kier molecular flexibility index (Phi) is 4.49. The van der Waals surface area contributed by atoms with Gasteiger partial charge in [-0.05, 0) is 62.0 Å². The summed E-state index contributed by atoms with van der Waals surface area (Å²) in [6, 6.07) is 5.73. The highest BCUT2D eigenvalue weighted by Crippen LogP contribution is 2.53. The molecule has 1 heterocycles. The minimum absolute atomic E-state index is 0.674. The summed E-state index contributed by atoms with van der Waals surface area (Å²) in [4.78, 5) is 4.64. The molecule has 130 valence electrons. The number of nitrogens with one attached hydrogen (secondary N) is 1. The summed E-state index contributed by atoms with van der Waals surface area (Å²) in [6.07, 6.45) is 9.84. The molecule has 3 saturated carbocycles. The number of hydrogen-bond acceptors (Lipinski definition) is 4. The Morgan fingerprint density at radius 2 is 2.08 bits per heavy atom. The van der Waals surface area contributed by atoms with Crippen LogP contribution in [0.4, 0.5) is 11.4 Å². The van der Waals surface area contributed by atoms with Crippen molar-refractivity contribution in [1.29, 1.82) is 0 Å². The van der Waals surface area contributed by atoms with E-state index < -0.39 is 6.23 Å². The van der Waals surface area contributed by atoms with Crippen molar-refractivity contribution < 1.29 is 9.84 Å². The first-order valence-electron chi connectivity index (χ1n) is 9.43. The van der Waals surface area contributed by atoms with Gasteiger partial charge in [-0.3, -0.25) is 4.99 Å². The molecule has 4 aliphatic rings. The number of methoxy groups -OCH3 is 1. The van der Waals surface area contributed by atoms with Crippen LogP contribution < -0.4 is 10.1 Å². The van der Waals surface area contributed by atoms with Gasteiger partial charge in [0, 0.05) is 6.07 Å². The molecular formula is C20H28N2O2. The van der Waals surface area contributed by atoms with Crippen LogP contribution in [-0.2, 0) is 0 Å². The number of aliphatic hydroxyl groups excluding tert-OH is 1. The maximum Gasteiger partial charge on any atom is 0.164 e. The van der Waals surface area contributed by atoms with Crippen molar-refractivity contribution in [2.24, 2.45) is 22.7 Å². The van der Waals surface area contributed by atoms with E-state index in [2.05, 4.69) is 10.3 Å². The fourth-order valence-electron chi connectivity index (χ4n) is 4.72. The normalized spacial score (nSPS) is 30.2. The van der Waals surface area contributed by atoms with Gasteiger partial charge in [-0.15, -0.1) is 0 Å². The summed E-state index contributed by atoms with van der Waals surface area (Å²) in [7, 11) is 1.64. The van der Waals surface area contributed by atoms with Gasteiger partial charge >= 0.3 is 0 Å². The van der Waals surface area contributed by atoms with Crippen LogP contribution in [0.2, 0.25) is 0 Å². The predicted octanol–water partition coefficient (Wildman–Crippen LogP) is 4.51. The van der Waals surface area contributed by atoms with Crippen LogP contribution in [0, 0.1) is 17.8 Å². The fourth-order valence-corrected chi connectivity index (χ4v) is 4.72. The second-order valence-corrected chi connectivity index (χ2v) is 7.73. The van der Waals surface area contributed by atoms with Crippen LogP contribution >= 0.6 is 0 Å². The van der Waals surface area contributed by atoms with Gasteiger partial charge < -0.3 is 15.2 Å². The predicted molar refractivity (Wildman–Crippen MR) is 97.1 cm³/mol. The molecule has 5 rings (SSSR count). The van der Waals surface area contributed by atoms with Crippen molar-refractivity contribution >= 4 is 17.1 Å². The van der Waals surface area contributed by atoms with E-state index in [0.717, 1.165) is 53.4 Å². The van der Waals surface area contributed by atoms with Gasteiger partial charge in [0.25, 0.3) is 0 Å². The van der Waals surface area contributed by atoms with Gasteiger partial charge in [0.2, 0.25) is 0 Å². The zero-order valence-corrected chi connectivity index (χ0v) is 14.5. The molecular weight excluding hydrogens is 300 g/mol. The second kappa shape index (κ2) is 6.75. The molecule has 24 heavy (non-hydrogen) atoms. The number of anilines is 1. The number of rotatable bonds is 7. The minimum atomic E-state index is -0.674. The molecule has 1 unspecified atom stereocenters. The van der Waals surface area contributed by atoms with E-state index in [1.54, 1.807) is 7.11 Å². The van der Waals surface area contributed by atoms with Crippen LogP contribution in [0.15, 0.2) is 23.2 Å². The second-order valence-electron chi connectivity index (χ2n) is 7.73. The molecule has 1 aliphatic heterocycles. The van der Waals surface area contributed by atoms with Crippen LogP contribution in [0.1, 0.15) is 51.4 Å². The Balaban J connectivity index is 1.25. The Morgan fingerprint density at radius 3 is 2.83 bits per heavy atom. The number of unbranched alkanes of at least 4 members (excludes halogenated alkanes) is 2. The van der Waals surface area contributed by atoms with E-state index in [4.69, 9.17) is 4.74 Å². The molecule has 1 aromatic carbocycles. The molecule has 0 radical (unpaired) electrons. The number of fused-ring (bicyclic) bond motifs is 2. The van der Waals surface area contributed by atoms with E-state index in [1.165, 1.54) is 38.5 Å². The summed E-state index contributed by atoms with van der Waals surface area (Å²) in [5, 5.41) is 13.4. The fraction of sp³-hybridized carbons (Fsp3) is 0.650. The number of benzene rings is 1. The Bertz CT molecular complexity index is 622. The number of aliphatic hydroxyl groups is 1. The monoisotopic (exact) mass is 328 g/mol. The summed E-state index contributed by atoms with van der Waals surface area (Å²) in [5.74, 6) is 3.95. The lowest BCUT2D eigenvalue weighted by atomic mass is 9.81. The smallest absolute Gasteiger partial charge is 0.164 e. The van der Waals surface area contributed by atoms with Gasteiger partial charge in [-0.2, -0.15) is 0 Å². The largest absolute Gasteiger partial charge is 0.497 e. The van der Waals surface area contributed by atoms with E-state index in [9.17, 15) is 5.11 Å². The standard InChI is InChI=1S/C20H28N2O2/c1-24-16-7-8-17-19(12-16)22-20(23)18(21-17)6-4-2-3-5-14-9-13-10-15(14)11-13/h7-8,12-15,20,22-23H,2-6,9-11H2,1H3/t13-,14-,15+,20?/m0/s1. The average Bonchev–Trinajstić information content (AvgIpc) is 3.13. The highest BCUT2D eigenvalue weighted by molar-refractivity contribution is 5.97. The van der Waals surface area contributed by atoms with Crippen molar-refractivity contribution in [1.82, 2.24) is 0 Å². The van der Waals surface area contributed by atoms with Gasteiger partial charge in [0.15, 0.2) is 6.23 Å². The minimum Gasteiger partial charge on any atom is -0.497 e. The molecule has 4 nitrogen and oxygen atoms in total. The SMILES string of the molecule is COc1ccc2c(c1)NC(O)C(CCCCC[C@H]1C[C@H]3C[C@@H]1C3)=N2. The third kappa shape index (κ3) is 3.16. The van der Waals surface area contributed by atoms with Crippen molar-refractivity contribution in [3.05, 3.63) is 18.2 Å². The third-order valence-electron chi connectivity index (χ3n) is 6.16. The lowest BCUT2D eigenvalue weighted by Gasteiger charge is -2.24. The Labute approximate surface area is 144 Å². The van der Waals surface area contributed by atoms with Crippen LogP contribution in [0.5, 0.6) is 5.75 Å². The summed E-state index contributed by atoms with van der Waals surface area (Å²) in [5.41, 5.74) is 2.59. The molecule has 3 fully saturated rings. The van der Waals surface area contributed by atoms with Crippen molar-refractivity contribution in [2.75, 3.05) is 12.4 Å². The van der Waals surface area contributed by atoms with E-state index in [0.29, 0.717) is 0 Å². The van der Waals surface area contributed by atoms with Crippen LogP contribution in [-0.4, -0.2) is 24.2 Å². The molecule has 2 atom stereocenters. The highest BCUT2D eigenvalue weighted by atomic mass is 16.5. The Hall–Kier alpha value is -1.55. The Morgan fingerprint density at radius 1 is 1.21 bits per heavy atom. The third-order valence-corrected chi connectivity index (χ3v) is 6.16. The highest BCUT2D eigenvalue weighted by Gasteiger charge is 2.43. The number of hydrogen-bond donors (Lipinski definition) is 2. The van der Waals surface area contributed by atoms with Crippen molar-refractivity contribution in [2.45, 2.75) is 57.6 Å². The van der Waals surface area contributed by atoms with Gasteiger partial charge in [0.05, 0.1) is 24.2 Å². The zero-order chi connectivity index (χ0) is 16.5. The lowest BCUT2D eigenvalue weighted by molar-refractivity contribution is 0.264. The number of aliphatic imine (C=N–C) groups is 1. The first-order valence-corrected chi connectivity index (χ1v) is 9.43. The molecule has 4 heteroatoms. The maximum absolute atomic E-state index is 10.3. The number of ether oxygens (including phenoxy) is 1.